The molecule has 0 unspecified atom stereocenters. The minimum absolute atomic E-state index is 0.112. The van der Waals surface area contributed by atoms with Crippen LogP contribution in [0.5, 0.6) is 0 Å². The summed E-state index contributed by atoms with van der Waals surface area (Å²) >= 11 is 0. The van der Waals surface area contributed by atoms with Crippen LogP contribution in [0.4, 0.5) is 0 Å². The van der Waals surface area contributed by atoms with E-state index in [1.54, 1.807) is 0 Å². The van der Waals surface area contributed by atoms with Crippen LogP contribution in [0.25, 0.3) is 0 Å². The summed E-state index contributed by atoms with van der Waals surface area (Å²) in [7, 11) is 0. The molecule has 0 bridgehead atoms. The SMILES string of the molecule is CC(C)C(=O)N[C@@H](C)C1CCCCC1. The Bertz CT molecular complexity index is 183. The summed E-state index contributed by atoms with van der Waals surface area (Å²) in [5.41, 5.74) is 0. The van der Waals surface area contributed by atoms with Gasteiger partial charge in [0.15, 0.2) is 0 Å². The second-order valence-electron chi connectivity index (χ2n) is 4.85. The first-order valence-corrected chi connectivity index (χ1v) is 5.91. The topological polar surface area (TPSA) is 29.1 Å². The van der Waals surface area contributed by atoms with Gasteiger partial charge in [0.1, 0.15) is 0 Å². The van der Waals surface area contributed by atoms with Crippen LogP contribution in [0.1, 0.15) is 52.9 Å². The highest BCUT2D eigenvalue weighted by atomic mass is 16.1. The molecule has 1 fully saturated rings. The van der Waals surface area contributed by atoms with Gasteiger partial charge >= 0.3 is 0 Å². The fourth-order valence-corrected chi connectivity index (χ4v) is 2.14. The normalized spacial score (nSPS) is 20.9. The molecule has 0 aromatic rings. The van der Waals surface area contributed by atoms with E-state index in [4.69, 9.17) is 0 Å². The summed E-state index contributed by atoms with van der Waals surface area (Å²) in [6.07, 6.45) is 6.64. The minimum Gasteiger partial charge on any atom is -0.353 e. The molecule has 0 aliphatic heterocycles. The van der Waals surface area contributed by atoms with Crippen molar-refractivity contribution in [3.63, 3.8) is 0 Å². The molecule has 1 amide bonds. The molecule has 0 radical (unpaired) electrons. The highest BCUT2D eigenvalue weighted by Gasteiger charge is 2.21. The van der Waals surface area contributed by atoms with Crippen molar-refractivity contribution in [2.45, 2.75) is 58.9 Å². The molecule has 82 valence electrons. The number of amides is 1. The zero-order valence-electron chi connectivity index (χ0n) is 9.68. The Labute approximate surface area is 87.5 Å². The second kappa shape index (κ2) is 5.38. The van der Waals surface area contributed by atoms with E-state index in [0.717, 1.165) is 0 Å². The highest BCUT2D eigenvalue weighted by molar-refractivity contribution is 5.78. The Morgan fingerprint density at radius 2 is 1.71 bits per heavy atom. The first kappa shape index (κ1) is 11.5. The average molecular weight is 197 g/mol. The van der Waals surface area contributed by atoms with Gasteiger partial charge in [0, 0.05) is 12.0 Å². The van der Waals surface area contributed by atoms with Crippen LogP contribution in [0.15, 0.2) is 0 Å². The molecule has 2 nitrogen and oxygen atoms in total. The molecule has 1 saturated carbocycles. The number of carbonyl (C=O) groups excluding carboxylic acids is 1. The molecule has 0 heterocycles. The van der Waals surface area contributed by atoms with E-state index in [0.29, 0.717) is 12.0 Å². The van der Waals surface area contributed by atoms with Crippen LogP contribution in [0, 0.1) is 11.8 Å². The Morgan fingerprint density at radius 1 is 1.14 bits per heavy atom. The number of rotatable bonds is 3. The number of carbonyl (C=O) groups is 1. The first-order chi connectivity index (χ1) is 6.61. The van der Waals surface area contributed by atoms with Gasteiger partial charge < -0.3 is 5.32 Å². The van der Waals surface area contributed by atoms with Crippen LogP contribution < -0.4 is 5.32 Å². The zero-order valence-corrected chi connectivity index (χ0v) is 9.68. The van der Waals surface area contributed by atoms with Crippen molar-refractivity contribution in [1.29, 1.82) is 0 Å². The summed E-state index contributed by atoms with van der Waals surface area (Å²) in [6.45, 7) is 6.04. The first-order valence-electron chi connectivity index (χ1n) is 5.91. The molecular weight excluding hydrogens is 174 g/mol. The van der Waals surface area contributed by atoms with E-state index in [-0.39, 0.29) is 11.8 Å². The molecule has 1 rings (SSSR count). The average Bonchev–Trinajstić information content (AvgIpc) is 2.19. The third-order valence-electron chi connectivity index (χ3n) is 3.25. The number of nitrogens with one attached hydrogen (secondary N) is 1. The van der Waals surface area contributed by atoms with Gasteiger partial charge in [0.2, 0.25) is 5.91 Å². The van der Waals surface area contributed by atoms with Gasteiger partial charge in [0.05, 0.1) is 0 Å². The summed E-state index contributed by atoms with van der Waals surface area (Å²) in [5.74, 6) is 1.02. The largest absolute Gasteiger partial charge is 0.353 e. The summed E-state index contributed by atoms with van der Waals surface area (Å²) < 4.78 is 0. The predicted molar refractivity (Wildman–Crippen MR) is 59.0 cm³/mol. The Balaban J connectivity index is 2.32. The third kappa shape index (κ3) is 3.32. The lowest BCUT2D eigenvalue weighted by molar-refractivity contribution is -0.125. The van der Waals surface area contributed by atoms with Crippen LogP contribution in [-0.4, -0.2) is 11.9 Å². The minimum atomic E-state index is 0.112. The van der Waals surface area contributed by atoms with Crippen LogP contribution in [0.2, 0.25) is 0 Å². The monoisotopic (exact) mass is 197 g/mol. The quantitative estimate of drug-likeness (QED) is 0.740. The van der Waals surface area contributed by atoms with Gasteiger partial charge in [-0.1, -0.05) is 33.1 Å². The lowest BCUT2D eigenvalue weighted by Gasteiger charge is -2.28. The molecule has 0 saturated heterocycles. The zero-order chi connectivity index (χ0) is 10.6. The highest BCUT2D eigenvalue weighted by Crippen LogP contribution is 2.26. The fourth-order valence-electron chi connectivity index (χ4n) is 2.14. The fraction of sp³-hybridized carbons (Fsp3) is 0.917. The number of hydrogen-bond acceptors (Lipinski definition) is 1. The van der Waals surface area contributed by atoms with Crippen molar-refractivity contribution in [1.82, 2.24) is 5.32 Å². The van der Waals surface area contributed by atoms with Crippen molar-refractivity contribution in [2.24, 2.45) is 11.8 Å². The second-order valence-corrected chi connectivity index (χ2v) is 4.85. The van der Waals surface area contributed by atoms with Crippen molar-refractivity contribution in [2.75, 3.05) is 0 Å². The van der Waals surface area contributed by atoms with Crippen LogP contribution in [-0.2, 0) is 4.79 Å². The van der Waals surface area contributed by atoms with E-state index >= 15 is 0 Å². The van der Waals surface area contributed by atoms with E-state index in [9.17, 15) is 4.79 Å². The van der Waals surface area contributed by atoms with Gasteiger partial charge in [-0.3, -0.25) is 4.79 Å². The van der Waals surface area contributed by atoms with Gasteiger partial charge in [-0.25, -0.2) is 0 Å². The molecule has 1 N–H and O–H groups in total. The van der Waals surface area contributed by atoms with Crippen molar-refractivity contribution in [3.05, 3.63) is 0 Å². The predicted octanol–water partition coefficient (Wildman–Crippen LogP) is 2.73. The Hall–Kier alpha value is -0.530. The third-order valence-corrected chi connectivity index (χ3v) is 3.25. The molecule has 1 atom stereocenters. The van der Waals surface area contributed by atoms with Gasteiger partial charge in [0.25, 0.3) is 0 Å². The van der Waals surface area contributed by atoms with E-state index in [1.807, 2.05) is 13.8 Å². The van der Waals surface area contributed by atoms with Gasteiger partial charge in [-0.05, 0) is 25.7 Å². The molecule has 1 aliphatic rings. The smallest absolute Gasteiger partial charge is 0.222 e. The Kier molecular flexibility index (Phi) is 4.43. The molecule has 0 spiro atoms. The maximum atomic E-state index is 11.5. The van der Waals surface area contributed by atoms with E-state index < -0.39 is 0 Å². The lowest BCUT2D eigenvalue weighted by Crippen LogP contribution is -2.40. The van der Waals surface area contributed by atoms with Crippen molar-refractivity contribution < 1.29 is 4.79 Å². The standard InChI is InChI=1S/C12H23NO/c1-9(2)12(14)13-10(3)11-7-5-4-6-8-11/h9-11H,4-8H2,1-3H3,(H,13,14)/t10-/m0/s1. The van der Waals surface area contributed by atoms with E-state index in [2.05, 4.69) is 12.2 Å². The van der Waals surface area contributed by atoms with E-state index in [1.165, 1.54) is 32.1 Å². The Morgan fingerprint density at radius 3 is 2.21 bits per heavy atom. The lowest BCUT2D eigenvalue weighted by atomic mass is 9.84. The molecule has 0 aromatic heterocycles. The molecule has 2 heteroatoms. The molecule has 0 aromatic carbocycles. The van der Waals surface area contributed by atoms with Crippen molar-refractivity contribution >= 4 is 5.91 Å². The van der Waals surface area contributed by atoms with Gasteiger partial charge in [-0.15, -0.1) is 0 Å². The maximum absolute atomic E-state index is 11.5. The summed E-state index contributed by atoms with van der Waals surface area (Å²) in [6, 6.07) is 0.366. The molecule has 14 heavy (non-hydrogen) atoms. The van der Waals surface area contributed by atoms with Gasteiger partial charge in [-0.2, -0.15) is 0 Å². The summed E-state index contributed by atoms with van der Waals surface area (Å²) in [5, 5.41) is 3.11. The summed E-state index contributed by atoms with van der Waals surface area (Å²) in [4.78, 5) is 11.5. The van der Waals surface area contributed by atoms with Crippen LogP contribution >= 0.6 is 0 Å². The maximum Gasteiger partial charge on any atom is 0.222 e. The molecule has 1 aliphatic carbocycles. The molecular formula is C12H23NO. The number of hydrogen-bond donors (Lipinski definition) is 1. The van der Waals surface area contributed by atoms with Crippen LogP contribution in [0.3, 0.4) is 0 Å². The van der Waals surface area contributed by atoms with Crippen molar-refractivity contribution in [3.8, 4) is 0 Å².